The maximum absolute atomic E-state index is 12.9. The Bertz CT molecular complexity index is 942. The quantitative estimate of drug-likeness (QED) is 0.635. The van der Waals surface area contributed by atoms with E-state index in [0.29, 0.717) is 6.61 Å². The zero-order valence-corrected chi connectivity index (χ0v) is 15.6. The van der Waals surface area contributed by atoms with Crippen molar-refractivity contribution in [2.24, 2.45) is 0 Å². The summed E-state index contributed by atoms with van der Waals surface area (Å²) < 4.78 is 5.71. The molecule has 0 radical (unpaired) electrons. The van der Waals surface area contributed by atoms with E-state index in [1.807, 2.05) is 18.2 Å². The van der Waals surface area contributed by atoms with Crippen molar-refractivity contribution in [1.82, 2.24) is 4.90 Å². The Kier molecular flexibility index (Phi) is 4.46. The average molecular weight is 369 g/mol. The summed E-state index contributed by atoms with van der Waals surface area (Å²) in [5, 5.41) is 0. The van der Waals surface area contributed by atoms with Gasteiger partial charge in [-0.15, -0.1) is 0 Å². The van der Waals surface area contributed by atoms with E-state index in [0.717, 1.165) is 6.54 Å². The molecule has 2 aliphatic heterocycles. The fraction of sp³-hybridized carbons (Fsp3) is 0.240. The first-order chi connectivity index (χ1) is 13.8. The van der Waals surface area contributed by atoms with E-state index < -0.39 is 0 Å². The summed E-state index contributed by atoms with van der Waals surface area (Å²) >= 11 is 0. The van der Waals surface area contributed by atoms with Gasteiger partial charge in [0.2, 0.25) is 0 Å². The van der Waals surface area contributed by atoms with Crippen molar-refractivity contribution in [1.29, 1.82) is 0 Å². The lowest BCUT2D eigenvalue weighted by Crippen LogP contribution is -2.48. The molecule has 140 valence electrons. The number of morpholine rings is 1. The number of hydrogen-bond donors (Lipinski definition) is 0. The minimum absolute atomic E-state index is 0.0858. The molecule has 0 saturated carbocycles. The van der Waals surface area contributed by atoms with E-state index in [2.05, 4.69) is 77.7 Å². The molecule has 2 aliphatic rings. The first kappa shape index (κ1) is 17.2. The Morgan fingerprint density at radius 1 is 0.714 bits per heavy atom. The predicted molar refractivity (Wildman–Crippen MR) is 109 cm³/mol. The van der Waals surface area contributed by atoms with E-state index in [4.69, 9.17) is 4.74 Å². The average Bonchev–Trinajstić information content (AvgIpc) is 3.17. The first-order valence-corrected chi connectivity index (χ1v) is 9.90. The maximum atomic E-state index is 12.9. The van der Waals surface area contributed by atoms with Crippen molar-refractivity contribution in [2.45, 2.75) is 23.9 Å². The number of carbonyl (C=O) groups excluding carboxylic acids is 1. The van der Waals surface area contributed by atoms with Crippen LogP contribution in [0.5, 0.6) is 0 Å². The molecule has 4 atom stereocenters. The lowest BCUT2D eigenvalue weighted by molar-refractivity contribution is -0.160. The van der Waals surface area contributed by atoms with Gasteiger partial charge >= 0.3 is 5.97 Å². The highest BCUT2D eigenvalue weighted by Gasteiger charge is 2.52. The lowest BCUT2D eigenvalue weighted by atomic mass is 9.80. The highest BCUT2D eigenvalue weighted by Crippen LogP contribution is 2.49. The maximum Gasteiger partial charge on any atom is 0.324 e. The molecule has 3 nitrogen and oxygen atoms in total. The van der Waals surface area contributed by atoms with Gasteiger partial charge in [0.15, 0.2) is 0 Å². The van der Waals surface area contributed by atoms with Gasteiger partial charge in [-0.05, 0) is 16.7 Å². The second kappa shape index (κ2) is 7.25. The topological polar surface area (TPSA) is 29.5 Å². The number of fused-ring (bicyclic) bond motifs is 1. The Hall–Kier alpha value is -2.91. The molecule has 2 fully saturated rings. The highest BCUT2D eigenvalue weighted by atomic mass is 16.5. The molecule has 5 rings (SSSR count). The zero-order valence-electron chi connectivity index (χ0n) is 15.6. The van der Waals surface area contributed by atoms with Gasteiger partial charge in [-0.25, -0.2) is 0 Å². The Morgan fingerprint density at radius 2 is 1.25 bits per heavy atom. The van der Waals surface area contributed by atoms with Crippen molar-refractivity contribution in [3.05, 3.63) is 108 Å². The Balaban J connectivity index is 1.60. The third-order valence-corrected chi connectivity index (χ3v) is 6.16. The van der Waals surface area contributed by atoms with E-state index in [-0.39, 0.29) is 29.9 Å². The normalized spacial score (nSPS) is 27.2. The van der Waals surface area contributed by atoms with Gasteiger partial charge in [-0.2, -0.15) is 0 Å². The molecule has 0 spiro atoms. The Morgan fingerprint density at radius 3 is 1.86 bits per heavy atom. The van der Waals surface area contributed by atoms with Crippen LogP contribution in [0.15, 0.2) is 91.0 Å². The lowest BCUT2D eigenvalue weighted by Gasteiger charge is -2.38. The van der Waals surface area contributed by atoms with Crippen LogP contribution in [-0.2, 0) is 9.53 Å². The van der Waals surface area contributed by atoms with Gasteiger partial charge in [0.05, 0.1) is 6.04 Å². The van der Waals surface area contributed by atoms with Gasteiger partial charge in [0.1, 0.15) is 12.6 Å². The summed E-state index contributed by atoms with van der Waals surface area (Å²) in [5.74, 6) is 0.243. The molecule has 3 aromatic rings. The molecule has 2 saturated heterocycles. The molecule has 3 aromatic carbocycles. The summed E-state index contributed by atoms with van der Waals surface area (Å²) in [4.78, 5) is 15.3. The molecule has 2 heterocycles. The van der Waals surface area contributed by atoms with Crippen molar-refractivity contribution in [3.63, 3.8) is 0 Å². The van der Waals surface area contributed by atoms with Crippen LogP contribution >= 0.6 is 0 Å². The standard InChI is InChI=1S/C25H23NO2/c27-25-24-23(20-14-8-3-9-15-20)21(18-10-4-1-5-11-18)16-26(24)22(17-28-25)19-12-6-2-7-13-19/h1-15,21-24H,16-17H2/t21-,22+,23-,24-/m0/s1. The monoisotopic (exact) mass is 369 g/mol. The Labute approximate surface area is 165 Å². The second-order valence-corrected chi connectivity index (χ2v) is 7.65. The zero-order chi connectivity index (χ0) is 18.9. The van der Waals surface area contributed by atoms with Gasteiger partial charge < -0.3 is 4.74 Å². The van der Waals surface area contributed by atoms with Crippen LogP contribution in [0.4, 0.5) is 0 Å². The van der Waals surface area contributed by atoms with Gasteiger partial charge in [-0.1, -0.05) is 91.0 Å². The summed E-state index contributed by atoms with van der Waals surface area (Å²) in [6.07, 6.45) is 0. The van der Waals surface area contributed by atoms with Crippen LogP contribution in [0.2, 0.25) is 0 Å². The first-order valence-electron chi connectivity index (χ1n) is 9.90. The van der Waals surface area contributed by atoms with Gasteiger partial charge in [0.25, 0.3) is 0 Å². The fourth-order valence-electron chi connectivity index (χ4n) is 4.89. The van der Waals surface area contributed by atoms with Crippen molar-refractivity contribution < 1.29 is 9.53 Å². The smallest absolute Gasteiger partial charge is 0.324 e. The van der Waals surface area contributed by atoms with Gasteiger partial charge in [0, 0.05) is 18.4 Å². The molecule has 0 N–H and O–H groups in total. The minimum atomic E-state index is -0.258. The third kappa shape index (κ3) is 2.92. The van der Waals surface area contributed by atoms with Crippen LogP contribution in [-0.4, -0.2) is 30.1 Å². The van der Waals surface area contributed by atoms with Crippen molar-refractivity contribution in [2.75, 3.05) is 13.2 Å². The molecule has 3 heteroatoms. The number of benzene rings is 3. The molecule has 0 aromatic heterocycles. The van der Waals surface area contributed by atoms with Crippen LogP contribution < -0.4 is 0 Å². The van der Waals surface area contributed by atoms with Crippen molar-refractivity contribution in [3.8, 4) is 0 Å². The summed E-state index contributed by atoms with van der Waals surface area (Å²) in [5.41, 5.74) is 3.69. The summed E-state index contributed by atoms with van der Waals surface area (Å²) in [7, 11) is 0. The number of esters is 1. The number of carbonyl (C=O) groups is 1. The van der Waals surface area contributed by atoms with E-state index in [1.54, 1.807) is 0 Å². The largest absolute Gasteiger partial charge is 0.462 e. The molecular formula is C25H23NO2. The van der Waals surface area contributed by atoms with Crippen molar-refractivity contribution >= 4 is 5.97 Å². The second-order valence-electron chi connectivity index (χ2n) is 7.65. The number of rotatable bonds is 3. The number of ether oxygens (including phenoxy) is 1. The van der Waals surface area contributed by atoms with Crippen LogP contribution in [0.3, 0.4) is 0 Å². The fourth-order valence-corrected chi connectivity index (χ4v) is 4.89. The van der Waals surface area contributed by atoms with Crippen LogP contribution in [0.25, 0.3) is 0 Å². The number of nitrogens with zero attached hydrogens (tertiary/aromatic N) is 1. The van der Waals surface area contributed by atoms with Gasteiger partial charge in [-0.3, -0.25) is 9.69 Å². The minimum Gasteiger partial charge on any atom is -0.462 e. The van der Waals surface area contributed by atoms with E-state index >= 15 is 0 Å². The third-order valence-electron chi connectivity index (χ3n) is 6.16. The summed E-state index contributed by atoms with van der Waals surface area (Å²) in [6, 6.07) is 31.3. The molecule has 0 unspecified atom stereocenters. The molecule has 0 amide bonds. The molecular weight excluding hydrogens is 346 g/mol. The highest BCUT2D eigenvalue weighted by molar-refractivity contribution is 5.79. The molecule has 28 heavy (non-hydrogen) atoms. The van der Waals surface area contributed by atoms with E-state index in [9.17, 15) is 4.79 Å². The van der Waals surface area contributed by atoms with E-state index in [1.165, 1.54) is 16.7 Å². The number of hydrogen-bond acceptors (Lipinski definition) is 3. The van der Waals surface area contributed by atoms with Crippen LogP contribution in [0.1, 0.15) is 34.6 Å². The van der Waals surface area contributed by atoms with Crippen LogP contribution in [0, 0.1) is 0 Å². The number of cyclic esters (lactones) is 1. The molecule has 0 aliphatic carbocycles. The SMILES string of the molecule is O=C1OC[C@H](c2ccccc2)N2C[C@@H](c3ccccc3)[C@H](c3ccccc3)[C@@H]12. The predicted octanol–water partition coefficient (Wildman–Crippen LogP) is 4.54. The molecule has 0 bridgehead atoms. The summed E-state index contributed by atoms with van der Waals surface area (Å²) in [6.45, 7) is 1.27.